The Morgan fingerprint density at radius 2 is 2.00 bits per heavy atom. The Hall–Kier alpha value is -1.35. The summed E-state index contributed by atoms with van der Waals surface area (Å²) in [7, 11) is 0. The lowest BCUT2D eigenvalue weighted by Gasteiger charge is -2.13. The van der Waals surface area contributed by atoms with E-state index in [1.54, 1.807) is 0 Å². The van der Waals surface area contributed by atoms with Crippen LogP contribution in [0.5, 0.6) is 0 Å². The second-order valence-corrected chi connectivity index (χ2v) is 5.17. The van der Waals surface area contributed by atoms with Crippen LogP contribution in [0.1, 0.15) is 37.3 Å². The minimum absolute atomic E-state index is 0.388. The molecule has 0 amide bonds. The van der Waals surface area contributed by atoms with Crippen molar-refractivity contribution in [3.63, 3.8) is 0 Å². The summed E-state index contributed by atoms with van der Waals surface area (Å²) in [4.78, 5) is 0. The quantitative estimate of drug-likeness (QED) is 0.789. The summed E-state index contributed by atoms with van der Waals surface area (Å²) in [5, 5.41) is 8.58. The first-order valence-electron chi connectivity index (χ1n) is 6.37. The molecule has 3 rings (SSSR count). The molecule has 1 aromatic carbocycles. The molecular weight excluding hydrogens is 246 g/mol. The molecule has 94 valence electrons. The first-order valence-corrected chi connectivity index (χ1v) is 6.90. The fourth-order valence-corrected chi connectivity index (χ4v) is 2.55. The topological polar surface area (TPSA) is 30.7 Å². The van der Waals surface area contributed by atoms with Gasteiger partial charge in [0.25, 0.3) is 0 Å². The van der Waals surface area contributed by atoms with Crippen molar-refractivity contribution < 1.29 is 0 Å². The molecule has 1 aromatic heterocycles. The highest BCUT2D eigenvalue weighted by atomic mass is 35.5. The predicted molar refractivity (Wildman–Crippen MR) is 72.1 cm³/mol. The number of halogens is 1. The van der Waals surface area contributed by atoms with Gasteiger partial charge in [-0.15, -0.1) is 21.8 Å². The molecule has 0 aliphatic heterocycles. The van der Waals surface area contributed by atoms with E-state index in [4.69, 9.17) is 11.6 Å². The summed E-state index contributed by atoms with van der Waals surface area (Å²) < 4.78 is 2.11. The third-order valence-corrected chi connectivity index (χ3v) is 3.86. The van der Waals surface area contributed by atoms with E-state index < -0.39 is 0 Å². The smallest absolute Gasteiger partial charge is 0.152 e. The number of benzene rings is 1. The van der Waals surface area contributed by atoms with Crippen molar-refractivity contribution in [3.8, 4) is 5.69 Å². The standard InChI is InChI=1S/C14H16ClN3/c1-10(11-7-8-11)14-17-16-13(9-15)18(14)12-5-3-2-4-6-12/h2-6,10-11H,7-9H2,1H3. The monoisotopic (exact) mass is 261 g/mol. The molecule has 1 fully saturated rings. The second kappa shape index (κ2) is 4.73. The lowest BCUT2D eigenvalue weighted by molar-refractivity contribution is 0.606. The van der Waals surface area contributed by atoms with Crippen molar-refractivity contribution in [2.75, 3.05) is 0 Å². The van der Waals surface area contributed by atoms with Gasteiger partial charge in [0.15, 0.2) is 5.82 Å². The maximum atomic E-state index is 5.97. The molecule has 0 radical (unpaired) electrons. The van der Waals surface area contributed by atoms with Crippen molar-refractivity contribution >= 4 is 11.6 Å². The van der Waals surface area contributed by atoms with Crippen molar-refractivity contribution in [2.24, 2.45) is 5.92 Å². The number of nitrogens with zero attached hydrogens (tertiary/aromatic N) is 3. The van der Waals surface area contributed by atoms with Gasteiger partial charge in [-0.25, -0.2) is 0 Å². The fraction of sp³-hybridized carbons (Fsp3) is 0.429. The maximum absolute atomic E-state index is 5.97. The fourth-order valence-electron chi connectivity index (χ4n) is 2.38. The molecule has 1 aliphatic rings. The van der Waals surface area contributed by atoms with Crippen LogP contribution in [0, 0.1) is 5.92 Å². The summed E-state index contributed by atoms with van der Waals surface area (Å²) in [6, 6.07) is 10.2. The highest BCUT2D eigenvalue weighted by molar-refractivity contribution is 6.16. The van der Waals surface area contributed by atoms with Crippen LogP contribution in [0.3, 0.4) is 0 Å². The number of hydrogen-bond donors (Lipinski definition) is 0. The molecule has 0 bridgehead atoms. The van der Waals surface area contributed by atoms with Crippen molar-refractivity contribution in [2.45, 2.75) is 31.6 Å². The van der Waals surface area contributed by atoms with Crippen LogP contribution in [-0.4, -0.2) is 14.8 Å². The van der Waals surface area contributed by atoms with E-state index in [2.05, 4.69) is 33.8 Å². The molecule has 18 heavy (non-hydrogen) atoms. The van der Waals surface area contributed by atoms with Crippen molar-refractivity contribution in [1.29, 1.82) is 0 Å². The van der Waals surface area contributed by atoms with Gasteiger partial charge in [-0.05, 0) is 30.9 Å². The zero-order valence-electron chi connectivity index (χ0n) is 10.4. The van der Waals surface area contributed by atoms with Gasteiger partial charge < -0.3 is 0 Å². The molecule has 1 atom stereocenters. The molecule has 0 spiro atoms. The third kappa shape index (κ3) is 2.03. The van der Waals surface area contributed by atoms with Crippen LogP contribution in [0.4, 0.5) is 0 Å². The molecule has 0 N–H and O–H groups in total. The Morgan fingerprint density at radius 3 is 2.61 bits per heavy atom. The van der Waals surface area contributed by atoms with E-state index in [-0.39, 0.29) is 0 Å². The summed E-state index contributed by atoms with van der Waals surface area (Å²) in [5.41, 5.74) is 1.10. The van der Waals surface area contributed by atoms with E-state index in [0.29, 0.717) is 11.8 Å². The van der Waals surface area contributed by atoms with Crippen molar-refractivity contribution in [3.05, 3.63) is 42.0 Å². The van der Waals surface area contributed by atoms with E-state index in [1.165, 1.54) is 12.8 Å². The Labute approximate surface area is 112 Å². The number of hydrogen-bond acceptors (Lipinski definition) is 2. The van der Waals surface area contributed by atoms with Crippen LogP contribution in [0.15, 0.2) is 30.3 Å². The van der Waals surface area contributed by atoms with E-state index in [1.807, 2.05) is 18.2 Å². The first-order chi connectivity index (χ1) is 8.81. The number of aromatic nitrogens is 3. The Kier molecular flexibility index (Phi) is 3.08. The van der Waals surface area contributed by atoms with Crippen LogP contribution < -0.4 is 0 Å². The van der Waals surface area contributed by atoms with Gasteiger partial charge in [-0.1, -0.05) is 25.1 Å². The highest BCUT2D eigenvalue weighted by Crippen LogP contribution is 2.42. The van der Waals surface area contributed by atoms with Crippen LogP contribution in [0.2, 0.25) is 0 Å². The number of para-hydroxylation sites is 1. The first kappa shape index (κ1) is 11.7. The molecular formula is C14H16ClN3. The summed E-state index contributed by atoms with van der Waals surface area (Å²) in [5.74, 6) is 3.47. The normalized spacial score (nSPS) is 16.8. The molecule has 3 nitrogen and oxygen atoms in total. The van der Waals surface area contributed by atoms with Crippen LogP contribution in [-0.2, 0) is 5.88 Å². The lowest BCUT2D eigenvalue weighted by atomic mass is 10.1. The Balaban J connectivity index is 2.07. The van der Waals surface area contributed by atoms with E-state index in [9.17, 15) is 0 Å². The maximum Gasteiger partial charge on any atom is 0.152 e. The molecule has 1 aliphatic carbocycles. The second-order valence-electron chi connectivity index (χ2n) is 4.91. The third-order valence-electron chi connectivity index (χ3n) is 3.63. The number of alkyl halides is 1. The van der Waals surface area contributed by atoms with Crippen LogP contribution >= 0.6 is 11.6 Å². The summed E-state index contributed by atoms with van der Waals surface area (Å²) >= 11 is 5.97. The van der Waals surface area contributed by atoms with Gasteiger partial charge in [0.2, 0.25) is 0 Å². The summed E-state index contributed by atoms with van der Waals surface area (Å²) in [6.45, 7) is 2.24. The minimum Gasteiger partial charge on any atom is -0.282 e. The zero-order valence-corrected chi connectivity index (χ0v) is 11.1. The highest BCUT2D eigenvalue weighted by Gasteiger charge is 2.32. The van der Waals surface area contributed by atoms with E-state index >= 15 is 0 Å². The Bertz CT molecular complexity index is 531. The lowest BCUT2D eigenvalue weighted by Crippen LogP contribution is -2.08. The molecule has 1 unspecified atom stereocenters. The van der Waals surface area contributed by atoms with Gasteiger partial charge in [0.1, 0.15) is 5.82 Å². The van der Waals surface area contributed by atoms with Crippen molar-refractivity contribution in [1.82, 2.24) is 14.8 Å². The summed E-state index contributed by atoms with van der Waals surface area (Å²) in [6.07, 6.45) is 2.61. The molecule has 4 heteroatoms. The SMILES string of the molecule is CC(c1nnc(CCl)n1-c1ccccc1)C1CC1. The number of rotatable bonds is 4. The minimum atomic E-state index is 0.388. The van der Waals surface area contributed by atoms with Gasteiger partial charge in [-0.2, -0.15) is 0 Å². The molecule has 1 heterocycles. The molecule has 1 saturated carbocycles. The zero-order chi connectivity index (χ0) is 12.5. The predicted octanol–water partition coefficient (Wildman–Crippen LogP) is 3.52. The average molecular weight is 262 g/mol. The Morgan fingerprint density at radius 1 is 1.28 bits per heavy atom. The van der Waals surface area contributed by atoms with Gasteiger partial charge in [0.05, 0.1) is 5.88 Å². The van der Waals surface area contributed by atoms with E-state index in [0.717, 1.165) is 23.3 Å². The average Bonchev–Trinajstić information content (AvgIpc) is 3.17. The molecule has 0 saturated heterocycles. The largest absolute Gasteiger partial charge is 0.282 e. The molecule has 2 aromatic rings. The van der Waals surface area contributed by atoms with Gasteiger partial charge in [-0.3, -0.25) is 4.57 Å². The van der Waals surface area contributed by atoms with Gasteiger partial charge in [0, 0.05) is 11.6 Å². The van der Waals surface area contributed by atoms with Gasteiger partial charge >= 0.3 is 0 Å². The van der Waals surface area contributed by atoms with Crippen LogP contribution in [0.25, 0.3) is 5.69 Å².